The summed E-state index contributed by atoms with van der Waals surface area (Å²) in [6.45, 7) is 70.1. The topological polar surface area (TPSA) is 166 Å². The molecule has 0 aliphatic heterocycles. The molecule has 0 amide bonds. The third-order valence-corrected chi connectivity index (χ3v) is 30.2. The van der Waals surface area contributed by atoms with Gasteiger partial charge in [-0.25, -0.2) is 39.3 Å². The third kappa shape index (κ3) is 16.9. The summed E-state index contributed by atoms with van der Waals surface area (Å²) >= 11 is 0. The Morgan fingerprint density at radius 2 is 0.643 bits per heavy atom. The molecule has 0 saturated heterocycles. The highest BCUT2D eigenvalue weighted by molar-refractivity contribution is 6.02. The maximum absolute atomic E-state index is 12.8. The van der Waals surface area contributed by atoms with Crippen molar-refractivity contribution in [3.05, 3.63) is 329 Å². The molecular weight excluding hydrogens is 1590 g/mol. The van der Waals surface area contributed by atoms with Crippen molar-refractivity contribution in [2.45, 2.75) is 247 Å². The van der Waals surface area contributed by atoms with Gasteiger partial charge >= 0.3 is 0 Å². The van der Waals surface area contributed by atoms with Gasteiger partial charge in [0.25, 0.3) is 0 Å². The molecule has 0 fully saturated rings. The van der Waals surface area contributed by atoms with Crippen molar-refractivity contribution in [1.82, 2.24) is 38.2 Å². The van der Waals surface area contributed by atoms with E-state index in [9.17, 15) is 19.2 Å². The van der Waals surface area contributed by atoms with Gasteiger partial charge in [0.05, 0.1) is 62.3 Å². The summed E-state index contributed by atoms with van der Waals surface area (Å²) in [6.07, 6.45) is 16.0. The number of Topliss-reactive ketones (excluding diaryl/α,β-unsaturated/α-hetero) is 4. The second-order valence-corrected chi connectivity index (χ2v) is 39.4. The minimum absolute atomic E-state index is 0.00610. The molecule has 8 aliphatic carbocycles. The van der Waals surface area contributed by atoms with Gasteiger partial charge in [0.2, 0.25) is 22.8 Å². The first-order chi connectivity index (χ1) is 61.7. The number of aromatic nitrogens is 8. The van der Waals surface area contributed by atoms with Gasteiger partial charge < -0.3 is 42.2 Å². The Bertz CT molecular complexity index is 6250. The second-order valence-electron chi connectivity index (χ2n) is 39.4. The largest absolute Gasteiger partial charge is 0.375 e. The van der Waals surface area contributed by atoms with Crippen LogP contribution < -0.4 is 0 Å². The molecule has 0 spiro atoms. The zero-order chi connectivity index (χ0) is 92.0. The molecule has 8 aliphatic rings. The van der Waals surface area contributed by atoms with Crippen molar-refractivity contribution in [1.29, 1.82) is 0 Å². The van der Waals surface area contributed by atoms with E-state index in [2.05, 4.69) is 268 Å². The smallest absolute Gasteiger partial charge is 0.226 e. The van der Waals surface area contributed by atoms with Gasteiger partial charge in [-0.2, -0.15) is 0 Å². The van der Waals surface area contributed by atoms with Crippen LogP contribution >= 0.6 is 0 Å². The van der Waals surface area contributed by atoms with Crippen LogP contribution in [-0.2, 0) is 105 Å². The average molecular weight is 1720 g/mol. The summed E-state index contributed by atoms with van der Waals surface area (Å²) in [5.41, 5.74) is 20.6. The molecule has 0 radical (unpaired) electrons. The lowest BCUT2D eigenvalue weighted by Gasteiger charge is -2.44. The molecule has 17 heteroatoms. The lowest BCUT2D eigenvalue weighted by atomic mass is 9.59. The van der Waals surface area contributed by atoms with Gasteiger partial charge in [-0.05, 0) is 139 Å². The molecule has 17 nitrogen and oxygen atoms in total. The number of ether oxygens (including phenoxy) is 1. The Labute approximate surface area is 763 Å². The number of nitrogens with zero attached hydrogens (tertiary/aromatic N) is 12. The molecule has 12 atom stereocenters. The molecule has 4 aromatic heterocycles. The van der Waals surface area contributed by atoms with Gasteiger partial charge in [0, 0.05) is 117 Å². The number of rotatable bonds is 17. The number of hydrogen-bond donors (Lipinski definition) is 0. The van der Waals surface area contributed by atoms with Gasteiger partial charge in [-0.1, -0.05) is 300 Å². The maximum atomic E-state index is 12.8. The van der Waals surface area contributed by atoms with Crippen LogP contribution in [-0.4, -0.2) is 67.9 Å². The number of carbonyl (C=O) groups excluding carboxylic acids is 4. The fourth-order valence-electron chi connectivity index (χ4n) is 22.6. The van der Waals surface area contributed by atoms with Gasteiger partial charge in [-0.3, -0.25) is 0 Å². The number of carbonyl (C=O) groups is 4. The fourth-order valence-corrected chi connectivity index (χ4v) is 22.6. The number of hydrogen-bond acceptors (Lipinski definition) is 9. The molecule has 0 saturated carbocycles. The standard InChI is InChI=1S/C32H35N3O2.C30H31N3O.C26H31N3O.C24H27N3O/c1-21(2)24-11-13-25(14-12-24)31-34-30-28(35(31)17-18-37-20-23-9-7-6-8-10-23)16-15-26-22(3)29(36)27(33-5)19-32(26,30)4;1-19(2)22-11-13-23(14-12-22)29-32-28-26(33(29)18-21-9-7-6-8-10-21)16-15-24-20(3)27(34)25(31-5)17-30(24,28)4;1-7-14-29-22-13-12-20-17(4)23(30)21(27-6)15-26(20,5)24(22)28-25(29)19-10-8-18(9-11-19)16(2)3;1-14(2)16-7-9-17(10-8-16)23-26-22-20(27(23)6)12-11-18-15(3)21(28)19(25-5)13-24(18,22)4/h6-14,19,21-22,26H,15-18,20H2,1-4H3;6-14,17,19-20,24H,15-16,18H2,1-4H3;8-11,15-17,20H,7,12-14H2,1-5H3;7-10,13-15,18H,11-12H2,1-4,6H3/t22-,26-,32-;20-,24-,30-;17-,20-,26-;15-,18-,24-/m1111/s1. The average Bonchev–Trinajstić information content (AvgIpc) is 1.64. The van der Waals surface area contributed by atoms with Crippen molar-refractivity contribution in [3.63, 3.8) is 0 Å². The van der Waals surface area contributed by atoms with Crippen LogP contribution in [0, 0.1) is 73.6 Å². The normalized spacial score (nSPS) is 24.5. The predicted molar refractivity (Wildman–Crippen MR) is 512 cm³/mol. The Balaban J connectivity index is 0.000000133. The van der Waals surface area contributed by atoms with Gasteiger partial charge in [-0.15, -0.1) is 0 Å². The van der Waals surface area contributed by atoms with E-state index in [0.29, 0.717) is 43.4 Å². The van der Waals surface area contributed by atoms with Gasteiger partial charge in [0.15, 0.2) is 23.1 Å². The molecule has 129 heavy (non-hydrogen) atoms. The zero-order valence-corrected chi connectivity index (χ0v) is 78.6. The van der Waals surface area contributed by atoms with Crippen molar-refractivity contribution in [3.8, 4) is 45.6 Å². The van der Waals surface area contributed by atoms with E-state index in [1.165, 1.54) is 50.6 Å². The van der Waals surface area contributed by atoms with E-state index in [-0.39, 0.29) is 104 Å². The molecule has 10 aromatic rings. The Morgan fingerprint density at radius 1 is 0.372 bits per heavy atom. The lowest BCUT2D eigenvalue weighted by molar-refractivity contribution is -0.122. The van der Waals surface area contributed by atoms with E-state index < -0.39 is 10.8 Å². The summed E-state index contributed by atoms with van der Waals surface area (Å²) in [5.74, 6) is 5.84. The zero-order valence-electron chi connectivity index (χ0n) is 78.6. The first kappa shape index (κ1) is 91.5. The molecule has 0 N–H and O–H groups in total. The minimum Gasteiger partial charge on any atom is -0.375 e. The van der Waals surface area contributed by atoms with E-state index in [1.54, 1.807) is 0 Å². The van der Waals surface area contributed by atoms with E-state index in [0.717, 1.165) is 145 Å². The lowest BCUT2D eigenvalue weighted by Crippen LogP contribution is -2.45. The number of fused-ring (bicyclic) bond motifs is 12. The monoisotopic (exact) mass is 1720 g/mol. The van der Waals surface area contributed by atoms with Crippen LogP contribution in [0.3, 0.4) is 0 Å². The molecule has 4 heterocycles. The first-order valence-electron chi connectivity index (χ1n) is 46.8. The molecule has 662 valence electrons. The van der Waals surface area contributed by atoms with Crippen molar-refractivity contribution < 1.29 is 23.9 Å². The van der Waals surface area contributed by atoms with Crippen LogP contribution in [0.15, 0.2) is 205 Å². The summed E-state index contributed by atoms with van der Waals surface area (Å²) in [4.78, 5) is 85.9. The second kappa shape index (κ2) is 37.1. The minimum atomic E-state index is -0.441. The maximum Gasteiger partial charge on any atom is 0.226 e. The highest BCUT2D eigenvalue weighted by Gasteiger charge is 2.55. The first-order valence-corrected chi connectivity index (χ1v) is 46.8. The van der Waals surface area contributed by atoms with E-state index in [1.807, 2.05) is 76.3 Å². The quantitative estimate of drug-likeness (QED) is 0.0637. The summed E-state index contributed by atoms with van der Waals surface area (Å²) in [7, 11) is 2.08. The van der Waals surface area contributed by atoms with Crippen molar-refractivity contribution >= 4 is 23.1 Å². The van der Waals surface area contributed by atoms with E-state index in [4.69, 9.17) is 51.0 Å². The number of imidazole rings is 4. The predicted octanol–water partition coefficient (Wildman–Crippen LogP) is 24.3. The summed E-state index contributed by atoms with van der Waals surface area (Å²) in [6, 6.07) is 55.6. The number of allylic oxidation sites excluding steroid dienone is 8. The van der Waals surface area contributed by atoms with Gasteiger partial charge in [0.1, 0.15) is 23.3 Å². The third-order valence-electron chi connectivity index (χ3n) is 30.2. The highest BCUT2D eigenvalue weighted by atomic mass is 16.5. The summed E-state index contributed by atoms with van der Waals surface area (Å²) < 4.78 is 15.3. The van der Waals surface area contributed by atoms with Crippen LogP contribution in [0.1, 0.15) is 252 Å². The molecule has 18 rings (SSSR count). The molecule has 0 unspecified atom stereocenters. The van der Waals surface area contributed by atoms with Crippen LogP contribution in [0.25, 0.3) is 64.9 Å². The number of ketones is 4. The van der Waals surface area contributed by atoms with E-state index >= 15 is 0 Å². The van der Waals surface area contributed by atoms with Crippen LogP contribution in [0.4, 0.5) is 0 Å². The van der Waals surface area contributed by atoms with Crippen LogP contribution in [0.2, 0.25) is 0 Å². The SMILES string of the molecule is [C-]#[N+]C1=C[C@@]2(C)c3nc(-c4ccc(C(C)C)cc4)n(C)c3CC[C@@H]2[C@@H](C)C1=O.[C-]#[N+]C1=C[C@@]2(C)c3nc(-c4ccc(C(C)C)cc4)n(CCC)c3CC[C@@H]2[C@@H](C)C1=O.[C-]#[N+]C1=C[C@@]2(C)c3nc(-c4ccc(C(C)C)cc4)n(CCOCc4ccccc4)c3CC[C@@H]2[C@@H](C)C1=O.[C-]#[N+]C1=C[C@@]2(C)c3nc(-c4ccc(C(C)C)cc4)n(Cc4ccccc4)c3CC[C@@H]2[C@@H](C)C1=O. The number of benzene rings is 6. The van der Waals surface area contributed by atoms with Crippen molar-refractivity contribution in [2.24, 2.45) is 54.4 Å². The Hall–Kier alpha value is -12.3. The summed E-state index contributed by atoms with van der Waals surface area (Å²) in [5, 5.41) is 0. The molecular formula is C112H124N12O5. The fraction of sp³-hybridized carbons (Fsp3) is 0.429. The Morgan fingerprint density at radius 3 is 0.953 bits per heavy atom. The Kier molecular flexibility index (Phi) is 26.3. The molecule has 0 bridgehead atoms. The van der Waals surface area contributed by atoms with Crippen LogP contribution in [0.5, 0.6) is 0 Å². The van der Waals surface area contributed by atoms with Crippen molar-refractivity contribution in [2.75, 3.05) is 6.61 Å². The highest BCUT2D eigenvalue weighted by Crippen LogP contribution is 2.56. The molecule has 6 aromatic carbocycles.